The number of nitrogens with zero attached hydrogens (tertiary/aromatic N) is 1. The molecule has 18 heavy (non-hydrogen) atoms. The molecule has 0 aliphatic carbocycles. The predicted octanol–water partition coefficient (Wildman–Crippen LogP) is 3.37. The van der Waals surface area contributed by atoms with E-state index in [0.29, 0.717) is 19.1 Å². The normalized spacial score (nSPS) is 19.8. The van der Waals surface area contributed by atoms with Crippen molar-refractivity contribution in [2.24, 2.45) is 0 Å². The molecule has 1 unspecified atom stereocenters. The van der Waals surface area contributed by atoms with Crippen molar-refractivity contribution >= 4 is 38.5 Å². The third-order valence-corrected chi connectivity index (χ3v) is 3.74. The molecule has 0 bridgehead atoms. The number of ether oxygens (including phenoxy) is 3. The summed E-state index contributed by atoms with van der Waals surface area (Å²) in [4.78, 5) is 4.20. The Bertz CT molecular complexity index is 386. The fraction of sp³-hybridized carbons (Fsp3) is 0.583. The van der Waals surface area contributed by atoms with Crippen LogP contribution in [0.3, 0.4) is 0 Å². The number of aromatic nitrogens is 1. The summed E-state index contributed by atoms with van der Waals surface area (Å²) >= 11 is 5.56. The summed E-state index contributed by atoms with van der Waals surface area (Å²) in [5, 5.41) is 0. The second-order valence-corrected chi connectivity index (χ2v) is 6.03. The van der Waals surface area contributed by atoms with E-state index in [9.17, 15) is 0 Å². The van der Waals surface area contributed by atoms with Gasteiger partial charge < -0.3 is 14.2 Å². The fourth-order valence-corrected chi connectivity index (χ4v) is 3.06. The molecule has 0 radical (unpaired) electrons. The highest BCUT2D eigenvalue weighted by Crippen LogP contribution is 2.21. The van der Waals surface area contributed by atoms with E-state index in [0.717, 1.165) is 27.5 Å². The first-order valence-electron chi connectivity index (χ1n) is 5.93. The van der Waals surface area contributed by atoms with Gasteiger partial charge in [-0.1, -0.05) is 0 Å². The molecule has 2 heterocycles. The Hall–Kier alpha value is 0.0800. The van der Waals surface area contributed by atoms with Gasteiger partial charge in [-0.15, -0.1) is 0 Å². The summed E-state index contributed by atoms with van der Waals surface area (Å²) in [7, 11) is 0. The molecule has 1 fully saturated rings. The van der Waals surface area contributed by atoms with Crippen LogP contribution < -0.4 is 4.74 Å². The lowest BCUT2D eigenvalue weighted by Crippen LogP contribution is -2.24. The summed E-state index contributed by atoms with van der Waals surface area (Å²) in [6, 6.07) is 1.97. The van der Waals surface area contributed by atoms with Gasteiger partial charge in [0.05, 0.1) is 10.2 Å². The molecule has 1 aliphatic rings. The van der Waals surface area contributed by atoms with Gasteiger partial charge in [0, 0.05) is 17.3 Å². The zero-order valence-corrected chi connectivity index (χ0v) is 13.6. The summed E-state index contributed by atoms with van der Waals surface area (Å²) < 4.78 is 18.5. The van der Waals surface area contributed by atoms with Gasteiger partial charge in [0.2, 0.25) is 5.88 Å². The van der Waals surface area contributed by atoms with Crippen LogP contribution in [-0.4, -0.2) is 31.1 Å². The van der Waals surface area contributed by atoms with Gasteiger partial charge in [-0.3, -0.25) is 0 Å². The van der Waals surface area contributed by atoms with E-state index >= 15 is 0 Å². The molecule has 1 atom stereocenters. The molecule has 0 amide bonds. The Kier molecular flexibility index (Phi) is 6.13. The molecule has 6 heteroatoms. The van der Waals surface area contributed by atoms with Gasteiger partial charge >= 0.3 is 0 Å². The van der Waals surface area contributed by atoms with Crippen LogP contribution in [0.25, 0.3) is 0 Å². The molecular weight excluding hydrogens is 413 g/mol. The minimum Gasteiger partial charge on any atom is -0.474 e. The molecule has 0 N–H and O–H groups in total. The molecule has 4 nitrogen and oxygen atoms in total. The third kappa shape index (κ3) is 4.64. The summed E-state index contributed by atoms with van der Waals surface area (Å²) in [5.41, 5.74) is 0. The van der Waals surface area contributed by atoms with E-state index in [4.69, 9.17) is 14.2 Å². The monoisotopic (exact) mass is 427 g/mol. The number of rotatable bonds is 5. The second kappa shape index (κ2) is 7.62. The maximum absolute atomic E-state index is 5.58. The third-order valence-electron chi connectivity index (χ3n) is 2.54. The lowest BCUT2D eigenvalue weighted by molar-refractivity contribution is -0.165. The van der Waals surface area contributed by atoms with E-state index in [2.05, 4.69) is 43.5 Å². The first kappa shape index (κ1) is 14.5. The van der Waals surface area contributed by atoms with E-state index < -0.39 is 0 Å². The Morgan fingerprint density at radius 2 is 2.33 bits per heavy atom. The van der Waals surface area contributed by atoms with Crippen molar-refractivity contribution in [1.82, 2.24) is 4.98 Å². The molecule has 1 aromatic heterocycles. The van der Waals surface area contributed by atoms with Crippen molar-refractivity contribution in [1.29, 1.82) is 0 Å². The molecule has 0 saturated carbocycles. The van der Waals surface area contributed by atoms with E-state index in [1.54, 1.807) is 6.20 Å². The standard InChI is InChI=1S/C12H15BrINO3/c13-9-7-10(14)12(15-8-9)18-6-5-17-11-3-1-2-4-16-11/h7-8,11H,1-6H2. The van der Waals surface area contributed by atoms with Crippen molar-refractivity contribution in [3.8, 4) is 5.88 Å². The number of hydrogen-bond acceptors (Lipinski definition) is 4. The SMILES string of the molecule is Brc1cnc(OCCOC2CCCCO2)c(I)c1. The van der Waals surface area contributed by atoms with Crippen LogP contribution in [0.15, 0.2) is 16.7 Å². The van der Waals surface area contributed by atoms with Crippen LogP contribution in [-0.2, 0) is 9.47 Å². The summed E-state index contributed by atoms with van der Waals surface area (Å²) in [6.07, 6.45) is 4.96. The average molecular weight is 428 g/mol. The molecular formula is C12H15BrINO3. The van der Waals surface area contributed by atoms with E-state index in [1.807, 2.05) is 6.07 Å². The predicted molar refractivity (Wildman–Crippen MR) is 79.7 cm³/mol. The van der Waals surface area contributed by atoms with Crippen molar-refractivity contribution in [2.45, 2.75) is 25.6 Å². The van der Waals surface area contributed by atoms with Gasteiger partial charge in [-0.2, -0.15) is 0 Å². The Morgan fingerprint density at radius 1 is 1.44 bits per heavy atom. The van der Waals surface area contributed by atoms with Crippen molar-refractivity contribution in [3.05, 3.63) is 20.3 Å². The van der Waals surface area contributed by atoms with E-state index in [-0.39, 0.29) is 6.29 Å². The van der Waals surface area contributed by atoms with Crippen LogP contribution in [0, 0.1) is 3.57 Å². The largest absolute Gasteiger partial charge is 0.474 e. The zero-order chi connectivity index (χ0) is 12.8. The van der Waals surface area contributed by atoms with Crippen LogP contribution >= 0.6 is 38.5 Å². The van der Waals surface area contributed by atoms with Crippen molar-refractivity contribution in [3.63, 3.8) is 0 Å². The minimum absolute atomic E-state index is 0.0562. The van der Waals surface area contributed by atoms with Crippen molar-refractivity contribution in [2.75, 3.05) is 19.8 Å². The molecule has 0 spiro atoms. The summed E-state index contributed by atoms with van der Waals surface area (Å²) in [6.45, 7) is 1.82. The minimum atomic E-state index is -0.0562. The number of pyridine rings is 1. The van der Waals surface area contributed by atoms with Gasteiger partial charge in [-0.25, -0.2) is 4.98 Å². The highest BCUT2D eigenvalue weighted by Gasteiger charge is 2.13. The number of halogens is 2. The lowest BCUT2D eigenvalue weighted by Gasteiger charge is -2.22. The van der Waals surface area contributed by atoms with Gasteiger partial charge in [0.15, 0.2) is 6.29 Å². The maximum Gasteiger partial charge on any atom is 0.227 e. The fourth-order valence-electron chi connectivity index (χ4n) is 1.67. The van der Waals surface area contributed by atoms with Crippen molar-refractivity contribution < 1.29 is 14.2 Å². The Balaban J connectivity index is 1.68. The second-order valence-electron chi connectivity index (χ2n) is 3.96. The lowest BCUT2D eigenvalue weighted by atomic mass is 10.2. The van der Waals surface area contributed by atoms with Gasteiger partial charge in [0.1, 0.15) is 6.61 Å². The maximum atomic E-state index is 5.58. The first-order valence-corrected chi connectivity index (χ1v) is 7.80. The highest BCUT2D eigenvalue weighted by atomic mass is 127. The molecule has 2 rings (SSSR count). The molecule has 0 aromatic carbocycles. The molecule has 1 aliphatic heterocycles. The quantitative estimate of drug-likeness (QED) is 0.533. The smallest absolute Gasteiger partial charge is 0.227 e. The van der Waals surface area contributed by atoms with Gasteiger partial charge in [0.25, 0.3) is 0 Å². The van der Waals surface area contributed by atoms with Gasteiger partial charge in [-0.05, 0) is 63.8 Å². The number of hydrogen-bond donors (Lipinski definition) is 0. The highest BCUT2D eigenvalue weighted by molar-refractivity contribution is 14.1. The zero-order valence-electron chi connectivity index (χ0n) is 9.90. The van der Waals surface area contributed by atoms with E-state index in [1.165, 1.54) is 6.42 Å². The van der Waals surface area contributed by atoms with Crippen LogP contribution in [0.5, 0.6) is 5.88 Å². The average Bonchev–Trinajstić information content (AvgIpc) is 2.38. The Morgan fingerprint density at radius 3 is 3.06 bits per heavy atom. The molecule has 1 saturated heterocycles. The van der Waals surface area contributed by atoms with Crippen LogP contribution in [0.2, 0.25) is 0 Å². The van der Waals surface area contributed by atoms with Crippen LogP contribution in [0.1, 0.15) is 19.3 Å². The molecule has 100 valence electrons. The Labute approximate surface area is 129 Å². The first-order chi connectivity index (χ1) is 8.75. The molecule has 1 aromatic rings. The summed E-state index contributed by atoms with van der Waals surface area (Å²) in [5.74, 6) is 0.645. The topological polar surface area (TPSA) is 40.6 Å². The van der Waals surface area contributed by atoms with Crippen LogP contribution in [0.4, 0.5) is 0 Å².